The standard InChI is InChI=1S/C7H5FO3/c8-7-5(10)2-1-3-6(7)11-4-9/h1-4,10H. The van der Waals surface area contributed by atoms with E-state index >= 15 is 0 Å². The lowest BCUT2D eigenvalue weighted by Gasteiger charge is -1.99. The van der Waals surface area contributed by atoms with E-state index in [-0.39, 0.29) is 12.2 Å². The number of benzene rings is 1. The first kappa shape index (κ1) is 7.53. The van der Waals surface area contributed by atoms with Gasteiger partial charge in [-0.3, -0.25) is 4.79 Å². The highest BCUT2D eigenvalue weighted by Crippen LogP contribution is 2.24. The van der Waals surface area contributed by atoms with Crippen LogP contribution in [-0.2, 0) is 4.79 Å². The van der Waals surface area contributed by atoms with Crippen molar-refractivity contribution < 1.29 is 19.0 Å². The minimum atomic E-state index is -0.931. The van der Waals surface area contributed by atoms with E-state index in [1.54, 1.807) is 0 Å². The summed E-state index contributed by atoms with van der Waals surface area (Å²) in [6.45, 7) is 0.0951. The van der Waals surface area contributed by atoms with E-state index in [0.717, 1.165) is 6.07 Å². The van der Waals surface area contributed by atoms with Gasteiger partial charge in [0.1, 0.15) is 0 Å². The van der Waals surface area contributed by atoms with Crippen molar-refractivity contribution in [1.82, 2.24) is 0 Å². The molecule has 1 aromatic rings. The maximum Gasteiger partial charge on any atom is 0.298 e. The van der Waals surface area contributed by atoms with Gasteiger partial charge in [-0.25, -0.2) is 0 Å². The zero-order valence-corrected chi connectivity index (χ0v) is 5.45. The van der Waals surface area contributed by atoms with Crippen molar-refractivity contribution in [3.8, 4) is 11.5 Å². The molecule has 0 aliphatic carbocycles. The summed E-state index contributed by atoms with van der Waals surface area (Å²) in [7, 11) is 0. The first-order valence-electron chi connectivity index (χ1n) is 2.83. The fourth-order valence-electron chi connectivity index (χ4n) is 0.642. The average molecular weight is 156 g/mol. The van der Waals surface area contributed by atoms with Crippen LogP contribution in [-0.4, -0.2) is 11.6 Å². The van der Waals surface area contributed by atoms with Crippen LogP contribution in [0.4, 0.5) is 4.39 Å². The van der Waals surface area contributed by atoms with Crippen molar-refractivity contribution in [1.29, 1.82) is 0 Å². The van der Waals surface area contributed by atoms with E-state index in [1.165, 1.54) is 12.1 Å². The zero-order chi connectivity index (χ0) is 8.27. The lowest BCUT2D eigenvalue weighted by atomic mass is 10.3. The fraction of sp³-hybridized carbons (Fsp3) is 0. The number of hydrogen-bond acceptors (Lipinski definition) is 3. The molecule has 0 radical (unpaired) electrons. The molecular weight excluding hydrogens is 151 g/mol. The number of carbonyl (C=O) groups is 1. The largest absolute Gasteiger partial charge is 0.505 e. The summed E-state index contributed by atoms with van der Waals surface area (Å²) < 4.78 is 16.9. The van der Waals surface area contributed by atoms with Crippen LogP contribution < -0.4 is 4.74 Å². The van der Waals surface area contributed by atoms with Gasteiger partial charge in [-0.15, -0.1) is 0 Å². The third kappa shape index (κ3) is 1.46. The van der Waals surface area contributed by atoms with Gasteiger partial charge in [0.2, 0.25) is 5.82 Å². The van der Waals surface area contributed by atoms with Crippen LogP contribution in [0, 0.1) is 5.82 Å². The van der Waals surface area contributed by atoms with Crippen molar-refractivity contribution in [3.63, 3.8) is 0 Å². The summed E-state index contributed by atoms with van der Waals surface area (Å²) in [5.41, 5.74) is 0. The monoisotopic (exact) mass is 156 g/mol. The Kier molecular flexibility index (Phi) is 2.06. The zero-order valence-electron chi connectivity index (χ0n) is 5.45. The molecule has 0 heterocycles. The highest BCUT2D eigenvalue weighted by Gasteiger charge is 2.06. The van der Waals surface area contributed by atoms with Gasteiger partial charge in [-0.1, -0.05) is 6.07 Å². The second-order valence-electron chi connectivity index (χ2n) is 1.80. The molecule has 0 bridgehead atoms. The lowest BCUT2D eigenvalue weighted by molar-refractivity contribution is -0.120. The number of rotatable bonds is 2. The fourth-order valence-corrected chi connectivity index (χ4v) is 0.642. The molecule has 11 heavy (non-hydrogen) atoms. The second kappa shape index (κ2) is 3.01. The molecule has 0 aromatic heterocycles. The average Bonchev–Trinajstić information content (AvgIpc) is 1.99. The smallest absolute Gasteiger partial charge is 0.298 e. The third-order valence-electron chi connectivity index (χ3n) is 1.12. The van der Waals surface area contributed by atoms with Crippen LogP contribution in [0.15, 0.2) is 18.2 Å². The van der Waals surface area contributed by atoms with Gasteiger partial charge in [0.15, 0.2) is 11.5 Å². The van der Waals surface area contributed by atoms with Crippen LogP contribution in [0.1, 0.15) is 0 Å². The summed E-state index contributed by atoms with van der Waals surface area (Å²) >= 11 is 0. The van der Waals surface area contributed by atoms with Gasteiger partial charge >= 0.3 is 0 Å². The highest BCUT2D eigenvalue weighted by molar-refractivity contribution is 5.47. The van der Waals surface area contributed by atoms with Gasteiger partial charge in [-0.05, 0) is 12.1 Å². The first-order chi connectivity index (χ1) is 5.25. The Morgan fingerprint density at radius 2 is 2.27 bits per heavy atom. The summed E-state index contributed by atoms with van der Waals surface area (Å²) in [6.07, 6.45) is 0. The molecule has 0 unspecified atom stereocenters. The third-order valence-corrected chi connectivity index (χ3v) is 1.12. The number of hydrogen-bond donors (Lipinski definition) is 1. The van der Waals surface area contributed by atoms with E-state index in [9.17, 15) is 9.18 Å². The normalized spacial score (nSPS) is 9.18. The number of halogens is 1. The lowest BCUT2D eigenvalue weighted by Crippen LogP contribution is -1.91. The molecule has 0 fully saturated rings. The summed E-state index contributed by atoms with van der Waals surface area (Å²) in [5, 5.41) is 8.76. The Bertz CT molecular complexity index is 272. The molecule has 0 amide bonds. The van der Waals surface area contributed by atoms with Crippen molar-refractivity contribution in [2.75, 3.05) is 0 Å². The molecule has 1 rings (SSSR count). The number of aromatic hydroxyl groups is 1. The van der Waals surface area contributed by atoms with E-state index in [2.05, 4.69) is 4.74 Å². The SMILES string of the molecule is O=COc1cccc(O)c1F. The van der Waals surface area contributed by atoms with Gasteiger partial charge < -0.3 is 9.84 Å². The molecule has 0 spiro atoms. The van der Waals surface area contributed by atoms with Crippen LogP contribution in [0.3, 0.4) is 0 Å². The van der Waals surface area contributed by atoms with Crippen molar-refractivity contribution in [2.24, 2.45) is 0 Å². The van der Waals surface area contributed by atoms with Crippen LogP contribution in [0.5, 0.6) is 11.5 Å². The Morgan fingerprint density at radius 3 is 2.91 bits per heavy atom. The molecule has 0 saturated heterocycles. The van der Waals surface area contributed by atoms with Crippen molar-refractivity contribution in [2.45, 2.75) is 0 Å². The maximum atomic E-state index is 12.7. The van der Waals surface area contributed by atoms with Crippen LogP contribution >= 0.6 is 0 Å². The van der Waals surface area contributed by atoms with Gasteiger partial charge in [0.05, 0.1) is 0 Å². The van der Waals surface area contributed by atoms with E-state index in [1.807, 2.05) is 0 Å². The molecule has 0 aliphatic heterocycles. The van der Waals surface area contributed by atoms with Crippen LogP contribution in [0.25, 0.3) is 0 Å². The number of phenolic OH excluding ortho intramolecular Hbond substituents is 1. The Labute approximate surface area is 62.0 Å². The number of carbonyl (C=O) groups excluding carboxylic acids is 1. The molecule has 3 nitrogen and oxygen atoms in total. The predicted molar refractivity (Wildman–Crippen MR) is 34.8 cm³/mol. The minimum Gasteiger partial charge on any atom is -0.505 e. The van der Waals surface area contributed by atoms with Gasteiger partial charge in [0.25, 0.3) is 6.47 Å². The van der Waals surface area contributed by atoms with Gasteiger partial charge in [-0.2, -0.15) is 4.39 Å². The molecule has 4 heteroatoms. The summed E-state index contributed by atoms with van der Waals surface area (Å²) in [4.78, 5) is 9.77. The first-order valence-corrected chi connectivity index (χ1v) is 2.83. The molecule has 1 N–H and O–H groups in total. The topological polar surface area (TPSA) is 46.5 Å². The molecular formula is C7H5FO3. The van der Waals surface area contributed by atoms with Crippen molar-refractivity contribution >= 4 is 6.47 Å². The summed E-state index contributed by atoms with van der Waals surface area (Å²) in [5.74, 6) is -1.75. The minimum absolute atomic E-state index is 0.0951. The molecule has 1 aromatic carbocycles. The Balaban J connectivity index is 3.05. The van der Waals surface area contributed by atoms with Crippen LogP contribution in [0.2, 0.25) is 0 Å². The quantitative estimate of drug-likeness (QED) is 0.651. The van der Waals surface area contributed by atoms with E-state index < -0.39 is 11.6 Å². The van der Waals surface area contributed by atoms with E-state index in [4.69, 9.17) is 5.11 Å². The number of ether oxygens (including phenoxy) is 1. The second-order valence-corrected chi connectivity index (χ2v) is 1.80. The molecule has 58 valence electrons. The Hall–Kier alpha value is -1.58. The number of phenols is 1. The van der Waals surface area contributed by atoms with Gasteiger partial charge in [0, 0.05) is 0 Å². The predicted octanol–water partition coefficient (Wildman–Crippen LogP) is 1.07. The Morgan fingerprint density at radius 1 is 1.55 bits per heavy atom. The molecule has 0 saturated carbocycles. The van der Waals surface area contributed by atoms with Crippen molar-refractivity contribution in [3.05, 3.63) is 24.0 Å². The maximum absolute atomic E-state index is 12.7. The van der Waals surface area contributed by atoms with E-state index in [0.29, 0.717) is 0 Å². The molecule has 0 atom stereocenters. The molecule has 0 aliphatic rings. The summed E-state index contributed by atoms with van der Waals surface area (Å²) in [6, 6.07) is 3.77. The highest BCUT2D eigenvalue weighted by atomic mass is 19.1.